The highest BCUT2D eigenvalue weighted by atomic mass is 14.9. The first-order chi connectivity index (χ1) is 7.92. The van der Waals surface area contributed by atoms with Gasteiger partial charge in [0.25, 0.3) is 0 Å². The van der Waals surface area contributed by atoms with Crippen LogP contribution in [0.25, 0.3) is 4.85 Å². The van der Waals surface area contributed by atoms with E-state index in [1.54, 1.807) is 0 Å². The van der Waals surface area contributed by atoms with Crippen molar-refractivity contribution in [3.05, 3.63) is 11.4 Å². The van der Waals surface area contributed by atoms with Gasteiger partial charge in [0, 0.05) is 10.8 Å². The van der Waals surface area contributed by atoms with Crippen LogP contribution in [-0.4, -0.2) is 6.04 Å². The molecule has 94 valence electrons. The smallest absolute Gasteiger partial charge is 0.234 e. The zero-order valence-electron chi connectivity index (χ0n) is 11.7. The maximum Gasteiger partial charge on any atom is 0.234 e. The Balaban J connectivity index is 2.05. The molecule has 0 aromatic carbocycles. The molecule has 0 heterocycles. The Hall–Kier alpha value is -0.510. The molecule has 17 heavy (non-hydrogen) atoms. The van der Waals surface area contributed by atoms with E-state index in [1.807, 2.05) is 0 Å². The van der Waals surface area contributed by atoms with Crippen LogP contribution in [0.5, 0.6) is 0 Å². The van der Waals surface area contributed by atoms with Gasteiger partial charge in [-0.15, -0.1) is 0 Å². The second kappa shape index (κ2) is 3.28. The molecule has 0 N–H and O–H groups in total. The van der Waals surface area contributed by atoms with Gasteiger partial charge in [0.15, 0.2) is 0 Å². The monoisotopic (exact) mass is 231 g/mol. The summed E-state index contributed by atoms with van der Waals surface area (Å²) in [6.45, 7) is 17.3. The average molecular weight is 231 g/mol. The normalized spacial score (nSPS) is 56.2. The molecule has 0 amide bonds. The first-order valence-electron chi connectivity index (χ1n) is 7.29. The average Bonchev–Trinajstić information content (AvgIpc) is 2.48. The van der Waals surface area contributed by atoms with Gasteiger partial charge >= 0.3 is 0 Å². The number of hydrogen-bond donors (Lipinski definition) is 0. The van der Waals surface area contributed by atoms with Crippen LogP contribution in [0.15, 0.2) is 0 Å². The molecule has 0 spiro atoms. The summed E-state index contributed by atoms with van der Waals surface area (Å²) in [7, 11) is 0. The van der Waals surface area contributed by atoms with E-state index in [4.69, 9.17) is 6.57 Å². The van der Waals surface area contributed by atoms with Gasteiger partial charge in [0.2, 0.25) is 6.04 Å². The fraction of sp³-hybridized carbons (Fsp3) is 0.938. The highest BCUT2D eigenvalue weighted by molar-refractivity contribution is 5.20. The van der Waals surface area contributed by atoms with Crippen LogP contribution in [-0.2, 0) is 0 Å². The van der Waals surface area contributed by atoms with E-state index < -0.39 is 0 Å². The predicted molar refractivity (Wildman–Crippen MR) is 70.4 cm³/mol. The van der Waals surface area contributed by atoms with E-state index in [2.05, 4.69) is 32.5 Å². The summed E-state index contributed by atoms with van der Waals surface area (Å²) >= 11 is 0. The van der Waals surface area contributed by atoms with Gasteiger partial charge in [-0.1, -0.05) is 27.7 Å². The van der Waals surface area contributed by atoms with Crippen LogP contribution in [0.4, 0.5) is 0 Å². The van der Waals surface area contributed by atoms with Crippen LogP contribution in [0.1, 0.15) is 53.4 Å². The molecule has 6 atom stereocenters. The van der Waals surface area contributed by atoms with Crippen molar-refractivity contribution >= 4 is 0 Å². The molecule has 0 radical (unpaired) electrons. The van der Waals surface area contributed by atoms with Gasteiger partial charge in [-0.3, -0.25) is 0 Å². The minimum absolute atomic E-state index is 0.300. The maximum atomic E-state index is 7.65. The van der Waals surface area contributed by atoms with E-state index in [1.165, 1.54) is 25.7 Å². The van der Waals surface area contributed by atoms with Crippen LogP contribution in [0.2, 0.25) is 0 Å². The molecule has 4 rings (SSSR count). The van der Waals surface area contributed by atoms with Gasteiger partial charge in [-0.05, 0) is 49.4 Å². The van der Waals surface area contributed by atoms with Crippen LogP contribution >= 0.6 is 0 Å². The molecule has 0 aromatic rings. The van der Waals surface area contributed by atoms with Crippen molar-refractivity contribution in [2.24, 2.45) is 34.5 Å². The van der Waals surface area contributed by atoms with Gasteiger partial charge in [0.1, 0.15) is 0 Å². The van der Waals surface area contributed by atoms with Crippen molar-refractivity contribution in [2.75, 3.05) is 0 Å². The Labute approximate surface area is 106 Å². The summed E-state index contributed by atoms with van der Waals surface area (Å²) in [5.41, 5.74) is 0.673. The predicted octanol–water partition coefficient (Wildman–Crippen LogP) is 4.39. The standard InChI is InChI=1S/C16H25N/c1-10(2)11-9-16(4)13-6-7-15(3,8-12(11)13)14(16)17-5/h10-14H,6-9H2,1-4H3/t11-,12?,13+,14-,15-,16-/m1/s1. The molecular formula is C16H25N. The minimum atomic E-state index is 0.300. The van der Waals surface area contributed by atoms with E-state index in [9.17, 15) is 0 Å². The summed E-state index contributed by atoms with van der Waals surface area (Å²) in [6, 6.07) is 0.300. The number of hydrogen-bond acceptors (Lipinski definition) is 0. The quantitative estimate of drug-likeness (QED) is 0.589. The number of rotatable bonds is 1. The lowest BCUT2D eigenvalue weighted by molar-refractivity contribution is -0.0521. The van der Waals surface area contributed by atoms with Crippen molar-refractivity contribution in [1.82, 2.24) is 0 Å². The van der Waals surface area contributed by atoms with Crippen LogP contribution in [0.3, 0.4) is 0 Å². The summed E-state index contributed by atoms with van der Waals surface area (Å²) in [6.07, 6.45) is 5.36. The fourth-order valence-electron chi connectivity index (χ4n) is 5.95. The lowest BCUT2D eigenvalue weighted by atomic mass is 9.48. The van der Waals surface area contributed by atoms with Crippen molar-refractivity contribution in [1.29, 1.82) is 0 Å². The second-order valence-electron chi connectivity index (χ2n) is 7.82. The Bertz CT molecular complexity index is 379. The highest BCUT2D eigenvalue weighted by Gasteiger charge is 2.70. The number of nitrogens with zero attached hydrogens (tertiary/aromatic N) is 1. The molecule has 4 saturated carbocycles. The molecule has 4 fully saturated rings. The first-order valence-corrected chi connectivity index (χ1v) is 7.29. The van der Waals surface area contributed by atoms with Gasteiger partial charge < -0.3 is 4.85 Å². The molecule has 4 bridgehead atoms. The molecule has 0 aromatic heterocycles. The van der Waals surface area contributed by atoms with Crippen molar-refractivity contribution < 1.29 is 0 Å². The summed E-state index contributed by atoms with van der Waals surface area (Å²) in [5, 5.41) is 0. The fourth-order valence-corrected chi connectivity index (χ4v) is 5.95. The molecule has 4 aliphatic carbocycles. The maximum absolute atomic E-state index is 7.65. The van der Waals surface area contributed by atoms with E-state index in [0.29, 0.717) is 16.9 Å². The lowest BCUT2D eigenvalue weighted by Crippen LogP contribution is -2.55. The Morgan fingerprint density at radius 1 is 1.24 bits per heavy atom. The lowest BCUT2D eigenvalue weighted by Gasteiger charge is -2.54. The molecule has 4 aliphatic rings. The molecule has 0 saturated heterocycles. The van der Waals surface area contributed by atoms with E-state index in [-0.39, 0.29) is 0 Å². The third kappa shape index (κ3) is 1.25. The van der Waals surface area contributed by atoms with E-state index in [0.717, 1.165) is 23.7 Å². The molecule has 1 nitrogen and oxygen atoms in total. The summed E-state index contributed by atoms with van der Waals surface area (Å²) < 4.78 is 0. The zero-order valence-corrected chi connectivity index (χ0v) is 11.7. The minimum Gasteiger partial charge on any atom is -0.312 e. The molecule has 0 aliphatic heterocycles. The Kier molecular flexibility index (Phi) is 2.23. The SMILES string of the molecule is [C-]#[N+][C@@H]1[C@]2(C)CC[C@H]3C(C2)[C@@H](C(C)C)C[C@@]13C. The topological polar surface area (TPSA) is 4.36 Å². The van der Waals surface area contributed by atoms with Crippen molar-refractivity contribution in [2.45, 2.75) is 59.4 Å². The first kappa shape index (κ1) is 11.6. The Morgan fingerprint density at radius 3 is 2.53 bits per heavy atom. The third-order valence-electron chi connectivity index (χ3n) is 6.59. The summed E-state index contributed by atoms with van der Waals surface area (Å²) in [5.74, 6) is 3.47. The van der Waals surface area contributed by atoms with Crippen LogP contribution < -0.4 is 0 Å². The zero-order chi connectivity index (χ0) is 12.4. The van der Waals surface area contributed by atoms with Crippen LogP contribution in [0, 0.1) is 41.1 Å². The molecule has 1 unspecified atom stereocenters. The highest BCUT2D eigenvalue weighted by Crippen LogP contribution is 2.71. The second-order valence-corrected chi connectivity index (χ2v) is 7.82. The summed E-state index contributed by atoms with van der Waals surface area (Å²) in [4.78, 5) is 4.10. The molecule has 1 heteroatoms. The number of fused-ring (bicyclic) bond motifs is 1. The van der Waals surface area contributed by atoms with Gasteiger partial charge in [-0.25, -0.2) is 6.57 Å². The Morgan fingerprint density at radius 2 is 1.94 bits per heavy atom. The van der Waals surface area contributed by atoms with Gasteiger partial charge in [0.05, 0.1) is 0 Å². The van der Waals surface area contributed by atoms with Crippen molar-refractivity contribution in [3.8, 4) is 0 Å². The van der Waals surface area contributed by atoms with Crippen molar-refractivity contribution in [3.63, 3.8) is 0 Å². The third-order valence-corrected chi connectivity index (χ3v) is 6.59. The van der Waals surface area contributed by atoms with Gasteiger partial charge in [-0.2, -0.15) is 0 Å². The molecular weight excluding hydrogens is 206 g/mol. The van der Waals surface area contributed by atoms with E-state index >= 15 is 0 Å². The largest absolute Gasteiger partial charge is 0.312 e.